The Morgan fingerprint density at radius 3 is 2.00 bits per heavy atom. The monoisotopic (exact) mass is 294 g/mol. The highest BCUT2D eigenvalue weighted by Gasteiger charge is 2.01. The molecule has 0 amide bonds. The predicted octanol–water partition coefficient (Wildman–Crippen LogP) is 5.59. The molecule has 3 aromatic rings. The molecule has 0 N–H and O–H groups in total. The number of hydrogen-bond donors (Lipinski definition) is 0. The fourth-order valence-electron chi connectivity index (χ4n) is 2.15. The van der Waals surface area contributed by atoms with E-state index in [1.807, 2.05) is 54.6 Å². The molecule has 0 heterocycles. The van der Waals surface area contributed by atoms with Crippen LogP contribution >= 0.6 is 11.6 Å². The predicted molar refractivity (Wildman–Crippen MR) is 87.7 cm³/mol. The van der Waals surface area contributed by atoms with Gasteiger partial charge in [0.2, 0.25) is 0 Å². The molecule has 0 radical (unpaired) electrons. The van der Waals surface area contributed by atoms with E-state index in [1.54, 1.807) is 0 Å². The summed E-state index contributed by atoms with van der Waals surface area (Å²) in [5.74, 6) is 0.842. The van der Waals surface area contributed by atoms with Gasteiger partial charge in [0.05, 0.1) is 0 Å². The molecule has 0 saturated heterocycles. The first-order valence-corrected chi connectivity index (χ1v) is 7.22. The second-order valence-corrected chi connectivity index (χ2v) is 5.18. The number of rotatable bonds is 4. The van der Waals surface area contributed by atoms with Crippen LogP contribution in [0.3, 0.4) is 0 Å². The largest absolute Gasteiger partial charge is 0.489 e. The van der Waals surface area contributed by atoms with E-state index >= 15 is 0 Å². The third-order valence-electron chi connectivity index (χ3n) is 3.31. The van der Waals surface area contributed by atoms with Crippen molar-refractivity contribution < 1.29 is 4.74 Å². The minimum atomic E-state index is 0.477. The molecule has 0 aliphatic rings. The Hall–Kier alpha value is -2.25. The Kier molecular flexibility index (Phi) is 4.23. The Bertz CT molecular complexity index is 705. The zero-order chi connectivity index (χ0) is 14.5. The van der Waals surface area contributed by atoms with E-state index in [0.717, 1.165) is 16.3 Å². The quantitative estimate of drug-likeness (QED) is 0.610. The molecule has 0 aliphatic carbocycles. The van der Waals surface area contributed by atoms with Crippen molar-refractivity contribution in [3.63, 3.8) is 0 Å². The van der Waals surface area contributed by atoms with Gasteiger partial charge in [-0.05, 0) is 29.3 Å². The molecule has 0 aliphatic heterocycles. The van der Waals surface area contributed by atoms with E-state index < -0.39 is 0 Å². The third kappa shape index (κ3) is 3.45. The minimum Gasteiger partial charge on any atom is -0.489 e. The van der Waals surface area contributed by atoms with Crippen molar-refractivity contribution in [2.24, 2.45) is 0 Å². The highest BCUT2D eigenvalue weighted by molar-refractivity contribution is 6.31. The van der Waals surface area contributed by atoms with E-state index in [0.29, 0.717) is 6.61 Å². The van der Waals surface area contributed by atoms with Crippen molar-refractivity contribution in [1.82, 2.24) is 0 Å². The molecule has 0 bridgehead atoms. The second-order valence-electron chi connectivity index (χ2n) is 4.77. The maximum atomic E-state index is 6.12. The lowest BCUT2D eigenvalue weighted by Crippen LogP contribution is -1.95. The average molecular weight is 295 g/mol. The normalized spacial score (nSPS) is 10.3. The zero-order valence-corrected chi connectivity index (χ0v) is 12.3. The number of ether oxygens (including phenoxy) is 1. The van der Waals surface area contributed by atoms with Crippen molar-refractivity contribution >= 4 is 11.6 Å². The maximum absolute atomic E-state index is 6.12. The van der Waals surface area contributed by atoms with Crippen LogP contribution in [0.25, 0.3) is 11.1 Å². The van der Waals surface area contributed by atoms with E-state index in [1.165, 1.54) is 11.1 Å². The summed E-state index contributed by atoms with van der Waals surface area (Å²) in [6.45, 7) is 0.477. The lowest BCUT2D eigenvalue weighted by atomic mass is 10.1. The highest BCUT2D eigenvalue weighted by atomic mass is 35.5. The second kappa shape index (κ2) is 6.47. The summed E-state index contributed by atoms with van der Waals surface area (Å²) < 4.78 is 5.78. The summed E-state index contributed by atoms with van der Waals surface area (Å²) in [6.07, 6.45) is 0. The molecule has 2 heteroatoms. The molecule has 0 spiro atoms. The van der Waals surface area contributed by atoms with Gasteiger partial charge in [0.25, 0.3) is 0 Å². The Morgan fingerprint density at radius 1 is 0.667 bits per heavy atom. The van der Waals surface area contributed by atoms with Crippen LogP contribution in [0.5, 0.6) is 5.75 Å². The molecule has 0 aromatic heterocycles. The van der Waals surface area contributed by atoms with Crippen molar-refractivity contribution in [2.75, 3.05) is 0 Å². The van der Waals surface area contributed by atoms with Crippen LogP contribution in [0, 0.1) is 0 Å². The molecule has 0 saturated carbocycles. The van der Waals surface area contributed by atoms with Gasteiger partial charge >= 0.3 is 0 Å². The van der Waals surface area contributed by atoms with Crippen LogP contribution < -0.4 is 4.74 Å². The highest BCUT2D eigenvalue weighted by Crippen LogP contribution is 2.23. The van der Waals surface area contributed by atoms with Gasteiger partial charge < -0.3 is 4.74 Å². The fourth-order valence-corrected chi connectivity index (χ4v) is 2.34. The van der Waals surface area contributed by atoms with Crippen LogP contribution in [0.15, 0.2) is 78.9 Å². The van der Waals surface area contributed by atoms with E-state index in [2.05, 4.69) is 24.3 Å². The lowest BCUT2D eigenvalue weighted by Gasteiger charge is -2.08. The zero-order valence-electron chi connectivity index (χ0n) is 11.5. The fraction of sp³-hybridized carbons (Fsp3) is 0.0526. The van der Waals surface area contributed by atoms with Gasteiger partial charge in [0.1, 0.15) is 12.4 Å². The van der Waals surface area contributed by atoms with Crippen LogP contribution in [0.1, 0.15) is 5.56 Å². The first kappa shape index (κ1) is 13.7. The molecule has 1 nitrogen and oxygen atoms in total. The third-order valence-corrected chi connectivity index (χ3v) is 3.68. The van der Waals surface area contributed by atoms with Crippen molar-refractivity contribution in [1.29, 1.82) is 0 Å². The van der Waals surface area contributed by atoms with E-state index in [4.69, 9.17) is 16.3 Å². The Labute approximate surface area is 129 Å². The molecule has 3 rings (SSSR count). The van der Waals surface area contributed by atoms with Crippen LogP contribution in [-0.2, 0) is 6.61 Å². The summed E-state index contributed by atoms with van der Waals surface area (Å²) in [5, 5.41) is 0.735. The van der Waals surface area contributed by atoms with Gasteiger partial charge in [-0.3, -0.25) is 0 Å². The molecule has 21 heavy (non-hydrogen) atoms. The number of halogens is 1. The topological polar surface area (TPSA) is 9.23 Å². The molecule has 0 fully saturated rings. The summed E-state index contributed by atoms with van der Waals surface area (Å²) in [6, 6.07) is 26.1. The summed E-state index contributed by atoms with van der Waals surface area (Å²) in [5.41, 5.74) is 3.38. The van der Waals surface area contributed by atoms with Gasteiger partial charge in [-0.15, -0.1) is 0 Å². The van der Waals surface area contributed by atoms with Gasteiger partial charge in [-0.2, -0.15) is 0 Å². The minimum absolute atomic E-state index is 0.477. The molecular formula is C19H15ClO. The van der Waals surface area contributed by atoms with Crippen molar-refractivity contribution in [3.8, 4) is 16.9 Å². The van der Waals surface area contributed by atoms with Gasteiger partial charge in [-0.25, -0.2) is 0 Å². The van der Waals surface area contributed by atoms with E-state index in [-0.39, 0.29) is 0 Å². The van der Waals surface area contributed by atoms with Crippen LogP contribution in [0.2, 0.25) is 5.02 Å². The first-order chi connectivity index (χ1) is 10.3. The Balaban J connectivity index is 1.69. The molecule has 0 unspecified atom stereocenters. The van der Waals surface area contributed by atoms with Crippen molar-refractivity contribution in [3.05, 3.63) is 89.4 Å². The summed E-state index contributed by atoms with van der Waals surface area (Å²) in [4.78, 5) is 0. The number of benzene rings is 3. The number of hydrogen-bond acceptors (Lipinski definition) is 1. The summed E-state index contributed by atoms with van der Waals surface area (Å²) >= 11 is 6.12. The van der Waals surface area contributed by atoms with E-state index in [9.17, 15) is 0 Å². The smallest absolute Gasteiger partial charge is 0.119 e. The maximum Gasteiger partial charge on any atom is 0.119 e. The van der Waals surface area contributed by atoms with Crippen LogP contribution in [-0.4, -0.2) is 0 Å². The van der Waals surface area contributed by atoms with Crippen molar-refractivity contribution in [2.45, 2.75) is 6.61 Å². The lowest BCUT2D eigenvalue weighted by molar-refractivity contribution is 0.306. The molecule has 104 valence electrons. The van der Waals surface area contributed by atoms with Gasteiger partial charge in [0, 0.05) is 10.6 Å². The van der Waals surface area contributed by atoms with Gasteiger partial charge in [0.15, 0.2) is 0 Å². The Morgan fingerprint density at radius 2 is 1.29 bits per heavy atom. The first-order valence-electron chi connectivity index (χ1n) is 6.84. The van der Waals surface area contributed by atoms with Gasteiger partial charge in [-0.1, -0.05) is 72.3 Å². The molecule has 3 aromatic carbocycles. The van der Waals surface area contributed by atoms with Crippen LogP contribution in [0.4, 0.5) is 0 Å². The molecule has 0 atom stereocenters. The molecular weight excluding hydrogens is 280 g/mol. The SMILES string of the molecule is Clc1ccccc1COc1ccc(-c2ccccc2)cc1. The average Bonchev–Trinajstić information content (AvgIpc) is 2.55. The summed E-state index contributed by atoms with van der Waals surface area (Å²) in [7, 11) is 0. The standard InChI is InChI=1S/C19H15ClO/c20-19-9-5-4-8-17(19)14-21-18-12-10-16(11-13-18)15-6-2-1-3-7-15/h1-13H,14H2.